The number of nitrogens with one attached hydrogen (secondary N) is 1. The van der Waals surface area contributed by atoms with E-state index < -0.39 is 25.4 Å². The number of carbonyl (C=O) groups excluding carboxylic acids is 1. The second-order valence-electron chi connectivity index (χ2n) is 12.5. The summed E-state index contributed by atoms with van der Waals surface area (Å²) in [5.74, 6) is 0.407. The van der Waals surface area contributed by atoms with Gasteiger partial charge >= 0.3 is 0 Å². The lowest BCUT2D eigenvalue weighted by molar-refractivity contribution is -0.134. The first kappa shape index (κ1) is 34.6. The second kappa shape index (κ2) is 14.9. The van der Waals surface area contributed by atoms with Gasteiger partial charge in [0.15, 0.2) is 11.5 Å². The fourth-order valence-corrected chi connectivity index (χ4v) is 5.56. The summed E-state index contributed by atoms with van der Waals surface area (Å²) in [6.45, 7) is 9.36. The van der Waals surface area contributed by atoms with Crippen molar-refractivity contribution >= 4 is 25.6 Å². The number of carbonyl (C=O) groups is 1. The predicted octanol–water partition coefficient (Wildman–Crippen LogP) is 6.43. The minimum Gasteiger partial charge on any atom is -0.494 e. The van der Waals surface area contributed by atoms with Crippen LogP contribution in [0.2, 0.25) is 30.7 Å². The van der Waals surface area contributed by atoms with Crippen LogP contribution in [0, 0.1) is 5.82 Å². The Morgan fingerprint density at radius 2 is 1.76 bits per heavy atom. The molecule has 9 nitrogen and oxygen atoms in total. The number of methoxy groups -OCH3 is 2. The van der Waals surface area contributed by atoms with Crippen molar-refractivity contribution < 1.29 is 38.0 Å². The van der Waals surface area contributed by atoms with Crippen molar-refractivity contribution in [1.82, 2.24) is 10.3 Å². The van der Waals surface area contributed by atoms with Crippen molar-refractivity contribution in [3.63, 3.8) is 0 Å². The van der Waals surface area contributed by atoms with Crippen LogP contribution in [-0.2, 0) is 15.1 Å². The lowest BCUT2D eigenvalue weighted by Crippen LogP contribution is -2.40. The van der Waals surface area contributed by atoms with E-state index >= 15 is 0 Å². The van der Waals surface area contributed by atoms with Crippen LogP contribution in [0.1, 0.15) is 35.8 Å². The Hall–Kier alpha value is -3.22. The third-order valence-electron chi connectivity index (χ3n) is 7.57. The maximum Gasteiger partial charge on any atom is 0.251 e. The predicted molar refractivity (Wildman–Crippen MR) is 174 cm³/mol. The van der Waals surface area contributed by atoms with Crippen LogP contribution in [0.4, 0.5) is 4.39 Å². The van der Waals surface area contributed by atoms with E-state index in [1.54, 1.807) is 30.3 Å². The van der Waals surface area contributed by atoms with Gasteiger partial charge in [-0.3, -0.25) is 4.79 Å². The number of pyridine rings is 1. The lowest BCUT2D eigenvalue weighted by Gasteiger charge is -2.35. The van der Waals surface area contributed by atoms with Crippen molar-refractivity contribution in [2.24, 2.45) is 0 Å². The molecule has 3 aromatic rings. The van der Waals surface area contributed by atoms with Gasteiger partial charge in [0, 0.05) is 38.6 Å². The smallest absolute Gasteiger partial charge is 0.251 e. The van der Waals surface area contributed by atoms with Gasteiger partial charge in [0.25, 0.3) is 5.91 Å². The molecule has 0 spiro atoms. The van der Waals surface area contributed by atoms with E-state index in [2.05, 4.69) is 29.9 Å². The van der Waals surface area contributed by atoms with Crippen LogP contribution in [0.25, 0.3) is 11.3 Å². The van der Waals surface area contributed by atoms with E-state index in [4.69, 9.17) is 35.3 Å². The molecule has 1 amide bonds. The van der Waals surface area contributed by atoms with Gasteiger partial charge in [0.05, 0.1) is 37.6 Å². The van der Waals surface area contributed by atoms with Crippen molar-refractivity contribution in [3.05, 3.63) is 70.6 Å². The van der Waals surface area contributed by atoms with Gasteiger partial charge in [-0.25, -0.2) is 9.37 Å². The molecule has 0 aliphatic heterocycles. The number of ether oxygens (including phenoxy) is 5. The number of hydrogen-bond donors (Lipinski definition) is 2. The number of nitrogens with zero attached hydrogens (tertiary/aromatic N) is 1. The van der Waals surface area contributed by atoms with Gasteiger partial charge in [0.2, 0.25) is 0 Å². The summed E-state index contributed by atoms with van der Waals surface area (Å²) in [6.07, 6.45) is 1.56. The molecular formula is C33H42ClFN2O7Si. The topological polar surface area (TPSA) is 108 Å². The zero-order valence-electron chi connectivity index (χ0n) is 26.6. The van der Waals surface area contributed by atoms with Crippen LogP contribution >= 0.6 is 11.6 Å². The molecule has 45 heavy (non-hydrogen) atoms. The summed E-state index contributed by atoms with van der Waals surface area (Å²) >= 11 is 5.97. The average Bonchev–Trinajstić information content (AvgIpc) is 2.98. The monoisotopic (exact) mass is 660 g/mol. The molecule has 244 valence electrons. The first-order valence-corrected chi connectivity index (χ1v) is 18.9. The Morgan fingerprint density at radius 1 is 1.04 bits per heavy atom. The summed E-state index contributed by atoms with van der Waals surface area (Å²) in [5.41, 5.74) is -0.0402. The quantitative estimate of drug-likeness (QED) is 0.109. The number of amides is 1. The number of aromatic nitrogens is 1. The molecule has 1 saturated carbocycles. The molecule has 1 aliphatic rings. The van der Waals surface area contributed by atoms with E-state index in [0.29, 0.717) is 40.9 Å². The SMILES string of the molecule is COc1cc(C(=O)NCC(C)(O)c2ccc(OC)c(-c3ccc(F)c(Cl)c3)n2)ccc1OC1CC(OCOCC[Si](C)(C)C)C1. The Kier molecular flexibility index (Phi) is 11.5. The van der Waals surface area contributed by atoms with Crippen LogP contribution in [-0.4, -0.2) is 70.4 Å². The third-order valence-corrected chi connectivity index (χ3v) is 9.56. The molecule has 1 fully saturated rings. The number of benzene rings is 2. The Balaban J connectivity index is 1.32. The molecule has 0 bridgehead atoms. The van der Waals surface area contributed by atoms with E-state index in [9.17, 15) is 14.3 Å². The number of hydrogen-bond acceptors (Lipinski definition) is 8. The minimum atomic E-state index is -1.55. The summed E-state index contributed by atoms with van der Waals surface area (Å²) in [4.78, 5) is 17.6. The molecule has 1 aromatic heterocycles. The van der Waals surface area contributed by atoms with Crippen LogP contribution in [0.3, 0.4) is 0 Å². The van der Waals surface area contributed by atoms with E-state index in [0.717, 1.165) is 25.5 Å². The van der Waals surface area contributed by atoms with Crippen molar-refractivity contribution in [2.75, 3.05) is 34.2 Å². The highest BCUT2D eigenvalue weighted by Gasteiger charge is 2.33. The van der Waals surface area contributed by atoms with Crippen LogP contribution in [0.5, 0.6) is 17.2 Å². The lowest BCUT2D eigenvalue weighted by atomic mass is 9.92. The third kappa shape index (κ3) is 9.40. The largest absolute Gasteiger partial charge is 0.494 e. The molecule has 0 radical (unpaired) electrons. The summed E-state index contributed by atoms with van der Waals surface area (Å²) in [5, 5.41) is 14.0. The molecule has 1 atom stereocenters. The molecule has 2 N–H and O–H groups in total. The van der Waals surface area contributed by atoms with Gasteiger partial charge in [-0.2, -0.15) is 0 Å². The van der Waals surface area contributed by atoms with Crippen LogP contribution < -0.4 is 19.5 Å². The molecule has 0 saturated heterocycles. The Morgan fingerprint density at radius 3 is 2.42 bits per heavy atom. The zero-order valence-corrected chi connectivity index (χ0v) is 28.4. The fourth-order valence-electron chi connectivity index (χ4n) is 4.62. The molecule has 12 heteroatoms. The van der Waals surface area contributed by atoms with Gasteiger partial charge in [-0.15, -0.1) is 0 Å². The van der Waals surface area contributed by atoms with Crippen molar-refractivity contribution in [1.29, 1.82) is 0 Å². The molecule has 2 aromatic carbocycles. The molecule has 4 rings (SSSR count). The van der Waals surface area contributed by atoms with Gasteiger partial charge in [-0.05, 0) is 61.5 Å². The van der Waals surface area contributed by atoms with Crippen molar-refractivity contribution in [3.8, 4) is 28.5 Å². The first-order valence-electron chi connectivity index (χ1n) is 14.8. The highest BCUT2D eigenvalue weighted by atomic mass is 35.5. The first-order chi connectivity index (χ1) is 21.3. The highest BCUT2D eigenvalue weighted by Crippen LogP contribution is 2.35. The minimum absolute atomic E-state index is 0.0199. The van der Waals surface area contributed by atoms with Crippen LogP contribution in [0.15, 0.2) is 48.5 Å². The van der Waals surface area contributed by atoms with Gasteiger partial charge < -0.3 is 34.1 Å². The van der Waals surface area contributed by atoms with Crippen molar-refractivity contribution in [2.45, 2.75) is 63.3 Å². The number of rotatable bonds is 15. The summed E-state index contributed by atoms with van der Waals surface area (Å²) in [7, 11) is 1.88. The van der Waals surface area contributed by atoms with E-state index in [-0.39, 0.29) is 29.5 Å². The molecule has 1 aliphatic carbocycles. The Labute approximate surface area is 270 Å². The number of halogens is 2. The van der Waals surface area contributed by atoms with Gasteiger partial charge in [-0.1, -0.05) is 31.2 Å². The molecule has 1 unspecified atom stereocenters. The number of aliphatic hydroxyl groups is 1. The normalized spacial score (nSPS) is 17.6. The molecular weight excluding hydrogens is 619 g/mol. The molecule has 1 heterocycles. The summed E-state index contributed by atoms with van der Waals surface area (Å²) in [6, 6.07) is 13.5. The average molecular weight is 661 g/mol. The maximum absolute atomic E-state index is 13.7. The summed E-state index contributed by atoms with van der Waals surface area (Å²) < 4.78 is 42.2. The van der Waals surface area contributed by atoms with E-state index in [1.165, 1.54) is 39.3 Å². The zero-order chi connectivity index (χ0) is 32.8. The maximum atomic E-state index is 13.7. The van der Waals surface area contributed by atoms with Gasteiger partial charge in [0.1, 0.15) is 35.8 Å². The highest BCUT2D eigenvalue weighted by molar-refractivity contribution is 6.76. The fraction of sp³-hybridized carbons (Fsp3) is 0.455. The van der Waals surface area contributed by atoms with E-state index in [1.807, 2.05) is 0 Å². The Bertz CT molecular complexity index is 1480. The second-order valence-corrected chi connectivity index (χ2v) is 18.6. The standard InChI is InChI=1S/C33H42ClFN2O7Si/c1-33(39,30-12-11-28(40-2)31(37-30)21-7-9-26(35)25(34)15-21)19-36-32(38)22-8-10-27(29(16-22)41-3)44-24-17-23(18-24)43-20-42-13-14-45(4,5)6/h7-12,15-16,23-24,39H,13-14,17-20H2,1-6H3,(H,36,38).